The zero-order chi connectivity index (χ0) is 14.5. The lowest BCUT2D eigenvalue weighted by Crippen LogP contribution is -2.10. The van der Waals surface area contributed by atoms with Crippen molar-refractivity contribution in [1.82, 2.24) is 14.8 Å². The third-order valence-electron chi connectivity index (χ3n) is 3.25. The van der Waals surface area contributed by atoms with Gasteiger partial charge in [-0.1, -0.05) is 26.8 Å². The molecule has 0 aliphatic carbocycles. The number of nitrogens with one attached hydrogen (secondary N) is 1. The highest BCUT2D eigenvalue weighted by Gasteiger charge is 2.10. The minimum absolute atomic E-state index is 0.604. The monoisotopic (exact) mass is 272 g/mol. The predicted molar refractivity (Wildman–Crippen MR) is 82.7 cm³/mol. The van der Waals surface area contributed by atoms with Gasteiger partial charge in [-0.05, 0) is 30.9 Å². The van der Waals surface area contributed by atoms with Gasteiger partial charge in [-0.2, -0.15) is 5.10 Å². The quantitative estimate of drug-likeness (QED) is 0.876. The third kappa shape index (κ3) is 3.59. The smallest absolute Gasteiger partial charge is 0.0762 e. The van der Waals surface area contributed by atoms with E-state index < -0.39 is 0 Å². The summed E-state index contributed by atoms with van der Waals surface area (Å²) in [4.78, 5) is 4.41. The number of aryl methyl sites for hydroxylation is 1. The second kappa shape index (κ2) is 6.55. The maximum Gasteiger partial charge on any atom is 0.0762 e. The molecule has 4 heteroatoms. The van der Waals surface area contributed by atoms with Gasteiger partial charge in [0.15, 0.2) is 0 Å². The average Bonchev–Trinajstić information content (AvgIpc) is 2.79. The maximum absolute atomic E-state index is 4.49. The molecule has 0 unspecified atom stereocenters. The molecule has 0 bridgehead atoms. The van der Waals surface area contributed by atoms with E-state index in [4.69, 9.17) is 0 Å². The van der Waals surface area contributed by atoms with Crippen molar-refractivity contribution in [3.8, 4) is 0 Å². The highest BCUT2D eigenvalue weighted by molar-refractivity contribution is 5.46. The summed E-state index contributed by atoms with van der Waals surface area (Å²) in [6, 6.07) is 4.15. The molecule has 0 fully saturated rings. The Morgan fingerprint density at radius 2 is 2.05 bits per heavy atom. The van der Waals surface area contributed by atoms with Crippen LogP contribution in [0.3, 0.4) is 0 Å². The summed E-state index contributed by atoms with van der Waals surface area (Å²) in [5.41, 5.74) is 4.63. The molecule has 0 atom stereocenters. The van der Waals surface area contributed by atoms with E-state index in [0.717, 1.165) is 30.9 Å². The molecule has 0 radical (unpaired) electrons. The minimum atomic E-state index is 0.604. The molecule has 2 aromatic rings. The molecule has 0 spiro atoms. The highest BCUT2D eigenvalue weighted by atomic mass is 15.3. The Kier molecular flexibility index (Phi) is 4.77. The number of nitrogens with zero attached hydrogens (tertiary/aromatic N) is 3. The molecule has 0 saturated heterocycles. The summed E-state index contributed by atoms with van der Waals surface area (Å²) in [7, 11) is 0. The van der Waals surface area contributed by atoms with Crippen molar-refractivity contribution < 1.29 is 0 Å². The van der Waals surface area contributed by atoms with E-state index in [1.807, 2.05) is 12.4 Å². The molecule has 1 N–H and O–H groups in total. The van der Waals surface area contributed by atoms with Crippen LogP contribution in [0, 0.1) is 12.8 Å². The predicted octanol–water partition coefficient (Wildman–Crippen LogP) is 3.42. The standard InChI is InChI=1S/C16H24N4/c1-5-16-15(10-19-20(16)11-12(2)3)18-9-14-7-6-13(4)8-17-14/h6-8,10,12,18H,5,9,11H2,1-4H3. The summed E-state index contributed by atoms with van der Waals surface area (Å²) in [5, 5.41) is 7.94. The first-order chi connectivity index (χ1) is 9.60. The summed E-state index contributed by atoms with van der Waals surface area (Å²) in [6.45, 7) is 10.3. The Morgan fingerprint density at radius 3 is 2.65 bits per heavy atom. The van der Waals surface area contributed by atoms with Crippen LogP contribution in [0.4, 0.5) is 5.69 Å². The van der Waals surface area contributed by atoms with Crippen LogP contribution in [0.1, 0.15) is 37.7 Å². The zero-order valence-corrected chi connectivity index (χ0v) is 12.8. The summed E-state index contributed by atoms with van der Waals surface area (Å²) >= 11 is 0. The normalized spacial score (nSPS) is 11.1. The molecular weight excluding hydrogens is 248 g/mol. The fourth-order valence-electron chi connectivity index (χ4n) is 2.22. The van der Waals surface area contributed by atoms with Gasteiger partial charge >= 0.3 is 0 Å². The van der Waals surface area contributed by atoms with E-state index in [-0.39, 0.29) is 0 Å². The van der Waals surface area contributed by atoms with E-state index in [2.05, 4.69) is 59.9 Å². The van der Waals surface area contributed by atoms with Crippen LogP contribution >= 0.6 is 0 Å². The SMILES string of the molecule is CCc1c(NCc2ccc(C)cn2)cnn1CC(C)C. The molecule has 0 saturated carbocycles. The van der Waals surface area contributed by atoms with Crippen molar-refractivity contribution in [3.05, 3.63) is 41.5 Å². The zero-order valence-electron chi connectivity index (χ0n) is 12.8. The summed E-state index contributed by atoms with van der Waals surface area (Å²) in [6.07, 6.45) is 4.81. The van der Waals surface area contributed by atoms with Gasteiger partial charge in [0.1, 0.15) is 0 Å². The van der Waals surface area contributed by atoms with Crippen LogP contribution in [-0.4, -0.2) is 14.8 Å². The first-order valence-electron chi connectivity index (χ1n) is 7.30. The molecule has 20 heavy (non-hydrogen) atoms. The van der Waals surface area contributed by atoms with E-state index in [9.17, 15) is 0 Å². The average molecular weight is 272 g/mol. The molecule has 0 aliphatic heterocycles. The molecule has 0 aliphatic rings. The van der Waals surface area contributed by atoms with E-state index in [1.54, 1.807) is 0 Å². The van der Waals surface area contributed by atoms with Gasteiger partial charge in [0, 0.05) is 12.7 Å². The number of aromatic nitrogens is 3. The van der Waals surface area contributed by atoms with Crippen molar-refractivity contribution in [2.24, 2.45) is 5.92 Å². The summed E-state index contributed by atoms with van der Waals surface area (Å²) < 4.78 is 2.11. The minimum Gasteiger partial charge on any atom is -0.377 e. The van der Waals surface area contributed by atoms with Crippen LogP contribution in [0.25, 0.3) is 0 Å². The first-order valence-corrected chi connectivity index (χ1v) is 7.30. The van der Waals surface area contributed by atoms with E-state index in [1.165, 1.54) is 11.3 Å². The lowest BCUT2D eigenvalue weighted by atomic mass is 10.2. The van der Waals surface area contributed by atoms with Gasteiger partial charge < -0.3 is 5.32 Å². The van der Waals surface area contributed by atoms with Crippen molar-refractivity contribution >= 4 is 5.69 Å². The van der Waals surface area contributed by atoms with Gasteiger partial charge in [0.25, 0.3) is 0 Å². The largest absolute Gasteiger partial charge is 0.377 e. The van der Waals surface area contributed by atoms with Crippen LogP contribution in [0.2, 0.25) is 0 Å². The number of rotatable bonds is 6. The fourth-order valence-corrected chi connectivity index (χ4v) is 2.22. The van der Waals surface area contributed by atoms with Gasteiger partial charge in [0.05, 0.1) is 29.8 Å². The lowest BCUT2D eigenvalue weighted by Gasteiger charge is -2.11. The van der Waals surface area contributed by atoms with Gasteiger partial charge in [-0.3, -0.25) is 9.67 Å². The maximum atomic E-state index is 4.49. The number of hydrogen-bond acceptors (Lipinski definition) is 3. The third-order valence-corrected chi connectivity index (χ3v) is 3.25. The Bertz CT molecular complexity index is 540. The number of pyridine rings is 1. The van der Waals surface area contributed by atoms with Crippen LogP contribution in [0.15, 0.2) is 24.5 Å². The second-order valence-corrected chi connectivity index (χ2v) is 5.61. The molecule has 4 nitrogen and oxygen atoms in total. The molecule has 108 valence electrons. The Labute approximate surface area is 121 Å². The van der Waals surface area contributed by atoms with Crippen molar-refractivity contribution in [2.75, 3.05) is 5.32 Å². The topological polar surface area (TPSA) is 42.7 Å². The van der Waals surface area contributed by atoms with Crippen molar-refractivity contribution in [1.29, 1.82) is 0 Å². The molecule has 2 heterocycles. The van der Waals surface area contributed by atoms with Gasteiger partial charge in [0.2, 0.25) is 0 Å². The highest BCUT2D eigenvalue weighted by Crippen LogP contribution is 2.17. The first kappa shape index (κ1) is 14.6. The summed E-state index contributed by atoms with van der Waals surface area (Å²) in [5.74, 6) is 0.604. The van der Waals surface area contributed by atoms with Crippen LogP contribution < -0.4 is 5.32 Å². The molecule has 0 amide bonds. The Morgan fingerprint density at radius 1 is 1.25 bits per heavy atom. The van der Waals surface area contributed by atoms with Crippen LogP contribution in [0.5, 0.6) is 0 Å². The molecule has 2 rings (SSSR count). The van der Waals surface area contributed by atoms with Gasteiger partial charge in [-0.25, -0.2) is 0 Å². The van der Waals surface area contributed by atoms with Crippen LogP contribution in [-0.2, 0) is 19.5 Å². The van der Waals surface area contributed by atoms with E-state index >= 15 is 0 Å². The Hall–Kier alpha value is -1.84. The van der Waals surface area contributed by atoms with Gasteiger partial charge in [-0.15, -0.1) is 0 Å². The molecule has 0 aromatic carbocycles. The van der Waals surface area contributed by atoms with Crippen molar-refractivity contribution in [2.45, 2.75) is 47.2 Å². The molecular formula is C16H24N4. The van der Waals surface area contributed by atoms with E-state index in [0.29, 0.717) is 5.92 Å². The fraction of sp³-hybridized carbons (Fsp3) is 0.500. The second-order valence-electron chi connectivity index (χ2n) is 5.61. The van der Waals surface area contributed by atoms with Crippen molar-refractivity contribution in [3.63, 3.8) is 0 Å². The Balaban J connectivity index is 2.05. The number of hydrogen-bond donors (Lipinski definition) is 1. The lowest BCUT2D eigenvalue weighted by molar-refractivity contribution is 0.470. The molecule has 2 aromatic heterocycles. The number of anilines is 1.